The first kappa shape index (κ1) is 18.4. The summed E-state index contributed by atoms with van der Waals surface area (Å²) in [4.78, 5) is 26.6. The van der Waals surface area contributed by atoms with Gasteiger partial charge in [0, 0.05) is 27.8 Å². The second-order valence-corrected chi connectivity index (χ2v) is 7.38. The maximum absolute atomic E-state index is 14.0. The van der Waals surface area contributed by atoms with Gasteiger partial charge in [-0.15, -0.1) is 11.3 Å². The lowest BCUT2D eigenvalue weighted by molar-refractivity contribution is -0.116. The Morgan fingerprint density at radius 1 is 1.23 bits per heavy atom. The molecule has 0 aliphatic carbocycles. The van der Waals surface area contributed by atoms with Crippen LogP contribution < -0.4 is 5.32 Å². The van der Waals surface area contributed by atoms with Crippen molar-refractivity contribution < 1.29 is 14.0 Å². The number of carbonyl (C=O) groups excluding carboxylic acids is 2. The van der Waals surface area contributed by atoms with Crippen molar-refractivity contribution in [2.45, 2.75) is 6.92 Å². The zero-order valence-electron chi connectivity index (χ0n) is 14.2. The highest BCUT2D eigenvalue weighted by molar-refractivity contribution is 7.21. The highest BCUT2D eigenvalue weighted by atomic mass is 35.5. The molecule has 0 atom stereocenters. The van der Waals surface area contributed by atoms with Gasteiger partial charge in [-0.2, -0.15) is 0 Å². The number of benzene rings is 2. The first-order valence-corrected chi connectivity index (χ1v) is 9.04. The van der Waals surface area contributed by atoms with E-state index >= 15 is 0 Å². The highest BCUT2D eigenvalue weighted by Crippen LogP contribution is 2.33. The lowest BCUT2D eigenvalue weighted by atomic mass is 10.1. The smallest absolute Gasteiger partial charge is 0.264 e. The first-order valence-electron chi connectivity index (χ1n) is 7.85. The van der Waals surface area contributed by atoms with Crippen LogP contribution in [0.5, 0.6) is 0 Å². The molecule has 0 aliphatic heterocycles. The van der Waals surface area contributed by atoms with E-state index in [1.807, 2.05) is 0 Å². The molecule has 26 heavy (non-hydrogen) atoms. The van der Waals surface area contributed by atoms with E-state index in [0.29, 0.717) is 31.2 Å². The van der Waals surface area contributed by atoms with Crippen LogP contribution in [0.2, 0.25) is 5.02 Å². The van der Waals surface area contributed by atoms with E-state index in [4.69, 9.17) is 11.6 Å². The number of hydrogen-bond acceptors (Lipinski definition) is 3. The van der Waals surface area contributed by atoms with Gasteiger partial charge in [-0.05, 0) is 42.8 Å². The molecule has 0 spiro atoms. The highest BCUT2D eigenvalue weighted by Gasteiger charge is 2.22. The van der Waals surface area contributed by atoms with Crippen molar-refractivity contribution in [2.75, 3.05) is 18.9 Å². The standard InChI is InChI=1S/C19H16ClFN2O2S/c1-11-17-14(21)7-4-8-15(17)26-18(11)19(25)23(2)10-16(24)22-13-6-3-5-12(20)9-13/h3-9H,10H2,1-2H3,(H,22,24). The Morgan fingerprint density at radius 3 is 2.65 bits per heavy atom. The molecular weight excluding hydrogens is 375 g/mol. The Hall–Kier alpha value is -2.44. The molecule has 0 saturated heterocycles. The summed E-state index contributed by atoms with van der Waals surface area (Å²) in [7, 11) is 1.54. The molecule has 1 aromatic heterocycles. The van der Waals surface area contributed by atoms with Crippen LogP contribution in [0.3, 0.4) is 0 Å². The average Bonchev–Trinajstić information content (AvgIpc) is 2.92. The van der Waals surface area contributed by atoms with E-state index < -0.39 is 0 Å². The average molecular weight is 391 g/mol. The lowest BCUT2D eigenvalue weighted by Crippen LogP contribution is -2.34. The molecule has 1 heterocycles. The normalized spacial score (nSPS) is 10.8. The zero-order chi connectivity index (χ0) is 18.8. The molecule has 0 saturated carbocycles. The van der Waals surface area contributed by atoms with Gasteiger partial charge < -0.3 is 10.2 Å². The molecule has 1 N–H and O–H groups in total. The van der Waals surface area contributed by atoms with E-state index in [0.717, 1.165) is 0 Å². The third-order valence-electron chi connectivity index (χ3n) is 3.93. The molecular formula is C19H16ClFN2O2S. The van der Waals surface area contributed by atoms with Gasteiger partial charge in [-0.25, -0.2) is 4.39 Å². The molecule has 3 rings (SSSR count). The van der Waals surface area contributed by atoms with Crippen molar-refractivity contribution in [2.24, 2.45) is 0 Å². The van der Waals surface area contributed by atoms with Crippen molar-refractivity contribution in [3.63, 3.8) is 0 Å². The number of nitrogens with zero attached hydrogens (tertiary/aromatic N) is 1. The van der Waals surface area contributed by atoms with Crippen molar-refractivity contribution in [3.05, 3.63) is 63.7 Å². The molecule has 0 aliphatic rings. The van der Waals surface area contributed by atoms with E-state index in [1.54, 1.807) is 50.4 Å². The van der Waals surface area contributed by atoms with E-state index in [2.05, 4.69) is 5.32 Å². The van der Waals surface area contributed by atoms with Gasteiger partial charge in [0.05, 0.1) is 11.4 Å². The van der Waals surface area contributed by atoms with Crippen molar-refractivity contribution in [1.29, 1.82) is 0 Å². The maximum atomic E-state index is 14.0. The molecule has 4 nitrogen and oxygen atoms in total. The predicted molar refractivity (Wildman–Crippen MR) is 104 cm³/mol. The second-order valence-electron chi connectivity index (χ2n) is 5.89. The topological polar surface area (TPSA) is 49.4 Å². The SMILES string of the molecule is Cc1c(C(=O)N(C)CC(=O)Nc2cccc(Cl)c2)sc2cccc(F)c12. The summed E-state index contributed by atoms with van der Waals surface area (Å²) < 4.78 is 14.7. The number of fused-ring (bicyclic) bond motifs is 1. The number of aryl methyl sites for hydroxylation is 1. The fourth-order valence-electron chi connectivity index (χ4n) is 2.68. The Kier molecular flexibility index (Phi) is 5.25. The summed E-state index contributed by atoms with van der Waals surface area (Å²) >= 11 is 7.12. The number of nitrogens with one attached hydrogen (secondary N) is 1. The molecule has 2 aromatic carbocycles. The van der Waals surface area contributed by atoms with Gasteiger partial charge in [-0.3, -0.25) is 9.59 Å². The molecule has 2 amide bonds. The summed E-state index contributed by atoms with van der Waals surface area (Å²) in [6, 6.07) is 11.5. The van der Waals surface area contributed by atoms with Crippen molar-refractivity contribution >= 4 is 50.5 Å². The van der Waals surface area contributed by atoms with Crippen LogP contribution in [0, 0.1) is 12.7 Å². The second kappa shape index (κ2) is 7.43. The van der Waals surface area contributed by atoms with Crippen molar-refractivity contribution in [1.82, 2.24) is 4.90 Å². The third-order valence-corrected chi connectivity index (χ3v) is 5.41. The van der Waals surface area contributed by atoms with Crippen LogP contribution >= 0.6 is 22.9 Å². The minimum Gasteiger partial charge on any atom is -0.332 e. The lowest BCUT2D eigenvalue weighted by Gasteiger charge is -2.16. The Labute approximate surface area is 159 Å². The van der Waals surface area contributed by atoms with Crippen LogP contribution in [-0.4, -0.2) is 30.3 Å². The quantitative estimate of drug-likeness (QED) is 0.701. The largest absolute Gasteiger partial charge is 0.332 e. The maximum Gasteiger partial charge on any atom is 0.264 e. The number of carbonyl (C=O) groups is 2. The number of halogens is 2. The molecule has 134 valence electrons. The fraction of sp³-hybridized carbons (Fsp3) is 0.158. The van der Waals surface area contributed by atoms with Gasteiger partial charge in [0.15, 0.2) is 0 Å². The predicted octanol–water partition coefficient (Wildman–Crippen LogP) is 4.71. The molecule has 0 fully saturated rings. The third kappa shape index (κ3) is 3.71. The number of anilines is 1. The van der Waals surface area contributed by atoms with Gasteiger partial charge in [-0.1, -0.05) is 23.7 Å². The number of amides is 2. The van der Waals surface area contributed by atoms with E-state index in [1.165, 1.54) is 22.3 Å². The van der Waals surface area contributed by atoms with Crippen LogP contribution in [0.25, 0.3) is 10.1 Å². The minimum absolute atomic E-state index is 0.123. The molecule has 0 unspecified atom stereocenters. The summed E-state index contributed by atoms with van der Waals surface area (Å²) in [5.41, 5.74) is 1.15. The van der Waals surface area contributed by atoms with E-state index in [-0.39, 0.29) is 24.2 Å². The van der Waals surface area contributed by atoms with Gasteiger partial charge in [0.2, 0.25) is 5.91 Å². The minimum atomic E-state index is -0.350. The molecule has 0 bridgehead atoms. The van der Waals surface area contributed by atoms with E-state index in [9.17, 15) is 14.0 Å². The number of likely N-dealkylation sites (N-methyl/N-ethyl adjacent to an activating group) is 1. The van der Waals surface area contributed by atoms with Gasteiger partial charge in [0.1, 0.15) is 5.82 Å². The van der Waals surface area contributed by atoms with Crippen LogP contribution in [0.1, 0.15) is 15.2 Å². The van der Waals surface area contributed by atoms with Gasteiger partial charge in [0.25, 0.3) is 5.91 Å². The molecule has 0 radical (unpaired) electrons. The molecule has 3 aromatic rings. The number of hydrogen-bond donors (Lipinski definition) is 1. The van der Waals surface area contributed by atoms with Crippen LogP contribution in [0.15, 0.2) is 42.5 Å². The number of thiophene rings is 1. The Morgan fingerprint density at radius 2 is 1.96 bits per heavy atom. The van der Waals surface area contributed by atoms with Crippen molar-refractivity contribution in [3.8, 4) is 0 Å². The summed E-state index contributed by atoms with van der Waals surface area (Å²) in [5, 5.41) is 3.66. The zero-order valence-corrected chi connectivity index (χ0v) is 15.7. The Bertz CT molecular complexity index is 1000. The molecule has 7 heteroatoms. The summed E-state index contributed by atoms with van der Waals surface area (Å²) in [5.74, 6) is -1.01. The first-order chi connectivity index (χ1) is 12.4. The van der Waals surface area contributed by atoms with Crippen LogP contribution in [0.4, 0.5) is 10.1 Å². The van der Waals surface area contributed by atoms with Crippen LogP contribution in [-0.2, 0) is 4.79 Å². The summed E-state index contributed by atoms with van der Waals surface area (Å²) in [6.45, 7) is 1.59. The number of rotatable bonds is 4. The Balaban J connectivity index is 1.75. The monoisotopic (exact) mass is 390 g/mol. The van der Waals surface area contributed by atoms with Gasteiger partial charge >= 0.3 is 0 Å². The summed E-state index contributed by atoms with van der Waals surface area (Å²) in [6.07, 6.45) is 0. The fourth-order valence-corrected chi connectivity index (χ4v) is 4.09.